The fourth-order valence-electron chi connectivity index (χ4n) is 5.39. The average molecular weight is 697 g/mol. The van der Waals surface area contributed by atoms with Gasteiger partial charge in [0.1, 0.15) is 24.2 Å². The van der Waals surface area contributed by atoms with Crippen LogP contribution in [-0.2, 0) is 36.8 Å². The Morgan fingerprint density at radius 3 is 1.28 bits per heavy atom. The third-order valence-electron chi connectivity index (χ3n) is 8.27. The molecule has 2 aromatic carbocycles. The van der Waals surface area contributed by atoms with Crippen molar-refractivity contribution < 1.29 is 29.1 Å². The van der Waals surface area contributed by atoms with Gasteiger partial charge in [0, 0.05) is 6.42 Å². The molecule has 14 nitrogen and oxygen atoms in total. The number of carboxylic acids is 1. The molecule has 0 radical (unpaired) electrons. The topological polar surface area (TPSA) is 258 Å². The SMILES string of the molecule is NCCCC[C@H](NC(=O)[C@H](CCCCN)NC(=O)[C@H](CCCCN)NC(=O)[C@H](Cc1ccccc1)NC(=O)[C@@H](N)Cc1ccccc1)C(=O)O. The number of rotatable bonds is 25. The highest BCUT2D eigenvalue weighted by atomic mass is 16.4. The van der Waals surface area contributed by atoms with Gasteiger partial charge in [0.15, 0.2) is 0 Å². The third kappa shape index (κ3) is 15.9. The summed E-state index contributed by atoms with van der Waals surface area (Å²) in [7, 11) is 0. The maximum Gasteiger partial charge on any atom is 0.326 e. The Kier molecular flexibility index (Phi) is 20.0. The Morgan fingerprint density at radius 2 is 0.860 bits per heavy atom. The first-order chi connectivity index (χ1) is 24.1. The number of amides is 4. The molecule has 0 aliphatic carbocycles. The highest BCUT2D eigenvalue weighted by Crippen LogP contribution is 2.10. The summed E-state index contributed by atoms with van der Waals surface area (Å²) in [5.74, 6) is -3.58. The number of carbonyl (C=O) groups is 5. The Balaban J connectivity index is 2.26. The van der Waals surface area contributed by atoms with E-state index in [-0.39, 0.29) is 32.1 Å². The lowest BCUT2D eigenvalue weighted by Crippen LogP contribution is -2.59. The Hall–Kier alpha value is -4.37. The number of carbonyl (C=O) groups excluding carboxylic acids is 4. The van der Waals surface area contributed by atoms with Gasteiger partial charge in [-0.25, -0.2) is 4.79 Å². The van der Waals surface area contributed by atoms with Gasteiger partial charge in [-0.05, 0) is 95.0 Å². The average Bonchev–Trinajstić information content (AvgIpc) is 3.10. The van der Waals surface area contributed by atoms with Gasteiger partial charge in [-0.1, -0.05) is 60.7 Å². The first-order valence-corrected chi connectivity index (χ1v) is 17.5. The van der Waals surface area contributed by atoms with Gasteiger partial charge in [-0.2, -0.15) is 0 Å². The van der Waals surface area contributed by atoms with E-state index in [9.17, 15) is 29.1 Å². The summed E-state index contributed by atoms with van der Waals surface area (Å²) in [4.78, 5) is 66.1. The van der Waals surface area contributed by atoms with Crippen molar-refractivity contribution in [3.63, 3.8) is 0 Å². The minimum Gasteiger partial charge on any atom is -0.480 e. The fraction of sp³-hybridized carbons (Fsp3) is 0.528. The Labute approximate surface area is 294 Å². The predicted molar refractivity (Wildman–Crippen MR) is 192 cm³/mol. The van der Waals surface area contributed by atoms with E-state index in [0.717, 1.165) is 11.1 Å². The summed E-state index contributed by atoms with van der Waals surface area (Å²) >= 11 is 0. The molecule has 4 amide bonds. The van der Waals surface area contributed by atoms with E-state index in [4.69, 9.17) is 22.9 Å². The van der Waals surface area contributed by atoms with Gasteiger partial charge >= 0.3 is 5.97 Å². The molecule has 0 saturated heterocycles. The van der Waals surface area contributed by atoms with Gasteiger partial charge < -0.3 is 49.3 Å². The number of unbranched alkanes of at least 4 members (excludes halogenated alkanes) is 3. The van der Waals surface area contributed by atoms with Crippen LogP contribution in [0.15, 0.2) is 60.7 Å². The van der Waals surface area contributed by atoms with Crippen LogP contribution >= 0.6 is 0 Å². The number of nitrogens with two attached hydrogens (primary N) is 4. The standard InChI is InChI=1S/C36H56N8O6/c37-20-10-7-17-28(33(46)41-29(18-8-11-21-38)34(47)43-30(36(49)50)19-9-12-22-39)42-35(48)31(24-26-15-5-2-6-16-26)44-32(45)27(40)23-25-13-3-1-4-14-25/h1-6,13-16,27-31H,7-12,17-24,37-40H2,(H,41,46)(H,42,48)(H,43,47)(H,44,45)(H,49,50)/t27-,28-,29-,30-,31-/m0/s1. The van der Waals surface area contributed by atoms with E-state index in [0.29, 0.717) is 58.2 Å². The van der Waals surface area contributed by atoms with Crippen molar-refractivity contribution in [2.24, 2.45) is 22.9 Å². The molecule has 276 valence electrons. The fourth-order valence-corrected chi connectivity index (χ4v) is 5.39. The molecule has 0 aliphatic heterocycles. The zero-order valence-corrected chi connectivity index (χ0v) is 28.9. The smallest absolute Gasteiger partial charge is 0.326 e. The molecule has 0 spiro atoms. The zero-order chi connectivity index (χ0) is 36.7. The molecule has 50 heavy (non-hydrogen) atoms. The summed E-state index contributed by atoms with van der Waals surface area (Å²) < 4.78 is 0. The molecular weight excluding hydrogens is 640 g/mol. The lowest BCUT2D eigenvalue weighted by molar-refractivity contribution is -0.142. The van der Waals surface area contributed by atoms with Crippen LogP contribution in [0.5, 0.6) is 0 Å². The number of aliphatic carboxylic acids is 1. The van der Waals surface area contributed by atoms with E-state index in [1.807, 2.05) is 60.7 Å². The van der Waals surface area contributed by atoms with Crippen molar-refractivity contribution in [2.45, 2.75) is 101 Å². The minimum absolute atomic E-state index is 0.137. The molecule has 0 unspecified atom stereocenters. The van der Waals surface area contributed by atoms with Crippen molar-refractivity contribution >= 4 is 29.6 Å². The summed E-state index contributed by atoms with van der Waals surface area (Å²) in [5.41, 5.74) is 24.8. The monoisotopic (exact) mass is 696 g/mol. The molecule has 0 saturated carbocycles. The molecule has 0 aliphatic rings. The van der Waals surface area contributed by atoms with Gasteiger partial charge in [-0.15, -0.1) is 0 Å². The van der Waals surface area contributed by atoms with Crippen molar-refractivity contribution in [1.29, 1.82) is 0 Å². The van der Waals surface area contributed by atoms with Crippen LogP contribution < -0.4 is 44.2 Å². The molecule has 13 N–H and O–H groups in total. The molecule has 2 rings (SSSR count). The Bertz CT molecular complexity index is 1320. The number of hydrogen-bond donors (Lipinski definition) is 9. The summed E-state index contributed by atoms with van der Waals surface area (Å²) in [6.45, 7) is 1.14. The number of nitrogens with one attached hydrogen (secondary N) is 4. The molecule has 14 heteroatoms. The van der Waals surface area contributed by atoms with Crippen LogP contribution in [0.2, 0.25) is 0 Å². The molecule has 0 bridgehead atoms. The van der Waals surface area contributed by atoms with E-state index < -0.39 is 59.8 Å². The second-order valence-corrected chi connectivity index (χ2v) is 12.4. The molecular formula is C36H56N8O6. The molecule has 0 aromatic heterocycles. The normalized spacial score (nSPS) is 14.0. The van der Waals surface area contributed by atoms with Crippen LogP contribution in [0, 0.1) is 0 Å². The van der Waals surface area contributed by atoms with Gasteiger partial charge in [0.2, 0.25) is 23.6 Å². The van der Waals surface area contributed by atoms with E-state index >= 15 is 0 Å². The number of carboxylic acid groups (broad SMARTS) is 1. The second kappa shape index (κ2) is 23.9. The second-order valence-electron chi connectivity index (χ2n) is 12.4. The van der Waals surface area contributed by atoms with Gasteiger partial charge in [-0.3, -0.25) is 19.2 Å². The van der Waals surface area contributed by atoms with Gasteiger partial charge in [0.25, 0.3) is 0 Å². The number of benzene rings is 2. The van der Waals surface area contributed by atoms with Crippen LogP contribution in [0.1, 0.15) is 68.9 Å². The quantitative estimate of drug-likeness (QED) is 0.0638. The van der Waals surface area contributed by atoms with Crippen molar-refractivity contribution in [2.75, 3.05) is 19.6 Å². The van der Waals surface area contributed by atoms with E-state index in [2.05, 4.69) is 21.3 Å². The maximum absolute atomic E-state index is 13.8. The van der Waals surface area contributed by atoms with Gasteiger partial charge in [0.05, 0.1) is 6.04 Å². The lowest BCUT2D eigenvalue weighted by atomic mass is 10.0. The van der Waals surface area contributed by atoms with Crippen LogP contribution in [0.25, 0.3) is 0 Å². The lowest BCUT2D eigenvalue weighted by Gasteiger charge is -2.27. The Morgan fingerprint density at radius 1 is 0.500 bits per heavy atom. The summed E-state index contributed by atoms with van der Waals surface area (Å²) in [6.07, 6.45) is 4.28. The first kappa shape index (κ1) is 41.8. The first-order valence-electron chi connectivity index (χ1n) is 17.5. The maximum atomic E-state index is 13.8. The molecule has 2 aromatic rings. The molecule has 5 atom stereocenters. The highest BCUT2D eigenvalue weighted by Gasteiger charge is 2.31. The van der Waals surface area contributed by atoms with Crippen LogP contribution in [0.4, 0.5) is 0 Å². The zero-order valence-electron chi connectivity index (χ0n) is 28.9. The number of hydrogen-bond acceptors (Lipinski definition) is 9. The summed E-state index contributed by atoms with van der Waals surface area (Å²) in [6, 6.07) is 13.1. The highest BCUT2D eigenvalue weighted by molar-refractivity contribution is 5.95. The third-order valence-corrected chi connectivity index (χ3v) is 8.27. The van der Waals surface area contributed by atoms with Crippen molar-refractivity contribution in [1.82, 2.24) is 21.3 Å². The van der Waals surface area contributed by atoms with Crippen LogP contribution in [0.3, 0.4) is 0 Å². The van der Waals surface area contributed by atoms with Crippen LogP contribution in [-0.4, -0.2) is 84.5 Å². The van der Waals surface area contributed by atoms with Crippen molar-refractivity contribution in [3.8, 4) is 0 Å². The predicted octanol–water partition coefficient (Wildman–Crippen LogP) is 0.210. The van der Waals surface area contributed by atoms with Crippen molar-refractivity contribution in [3.05, 3.63) is 71.8 Å². The van der Waals surface area contributed by atoms with E-state index in [1.54, 1.807) is 0 Å². The molecule has 0 fully saturated rings. The largest absolute Gasteiger partial charge is 0.480 e. The summed E-state index contributed by atoms with van der Waals surface area (Å²) in [5, 5.41) is 20.5. The minimum atomic E-state index is -1.19. The van der Waals surface area contributed by atoms with E-state index in [1.165, 1.54) is 0 Å². The molecule has 0 heterocycles.